The number of allylic oxidation sites excluding steroid dienone is 1. The van der Waals surface area contributed by atoms with Gasteiger partial charge in [-0.05, 0) is 54.8 Å². The number of aromatic nitrogens is 1. The lowest BCUT2D eigenvalue weighted by molar-refractivity contribution is -0.138. The highest BCUT2D eigenvalue weighted by Crippen LogP contribution is 2.42. The summed E-state index contributed by atoms with van der Waals surface area (Å²) in [6.45, 7) is 0.120. The number of nitrogens with zero attached hydrogens (tertiary/aromatic N) is 2. The SMILES string of the molecule is C/C(=C\c1ccc2c(c1)N(S(=O)(=O)c1cc(C(F)(F)F)cnc1OCCO)C[C@H](CCC(=O)O)O2)c1c(F)cccc1Cl. The average Bonchev–Trinajstić information content (AvgIpc) is 2.93. The molecule has 3 aromatic rings. The number of halogens is 5. The minimum Gasteiger partial charge on any atom is -0.486 e. The smallest absolute Gasteiger partial charge is 0.417 e. The molecule has 2 N–H and O–H groups in total. The third-order valence-corrected chi connectivity index (χ3v) is 8.47. The van der Waals surface area contributed by atoms with Gasteiger partial charge < -0.3 is 19.7 Å². The van der Waals surface area contributed by atoms with E-state index in [4.69, 9.17) is 31.3 Å². The quantitative estimate of drug-likeness (QED) is 0.214. The maximum Gasteiger partial charge on any atom is 0.417 e. The summed E-state index contributed by atoms with van der Waals surface area (Å²) in [7, 11) is -4.87. The Morgan fingerprint density at radius 3 is 2.65 bits per heavy atom. The fourth-order valence-corrected chi connectivity index (χ4v) is 6.34. The first-order valence-electron chi connectivity index (χ1n) is 12.7. The molecule has 0 unspecified atom stereocenters. The third kappa shape index (κ3) is 7.20. The first-order valence-corrected chi connectivity index (χ1v) is 14.5. The molecule has 1 aliphatic heterocycles. The number of aliphatic hydroxyl groups is 1. The zero-order valence-electron chi connectivity index (χ0n) is 22.4. The number of carbonyl (C=O) groups is 1. The first-order chi connectivity index (χ1) is 20.2. The van der Waals surface area contributed by atoms with Gasteiger partial charge in [0.2, 0.25) is 5.88 Å². The summed E-state index contributed by atoms with van der Waals surface area (Å²) < 4.78 is 95.2. The summed E-state index contributed by atoms with van der Waals surface area (Å²) in [5.41, 5.74) is -0.527. The van der Waals surface area contributed by atoms with Crippen LogP contribution in [0.2, 0.25) is 5.02 Å². The van der Waals surface area contributed by atoms with E-state index in [0.717, 1.165) is 4.31 Å². The molecule has 230 valence electrons. The van der Waals surface area contributed by atoms with E-state index in [1.165, 1.54) is 36.4 Å². The summed E-state index contributed by atoms with van der Waals surface area (Å²) in [6.07, 6.45) is -4.44. The van der Waals surface area contributed by atoms with Crippen molar-refractivity contribution < 1.29 is 50.5 Å². The molecule has 1 aromatic heterocycles. The van der Waals surface area contributed by atoms with E-state index in [1.807, 2.05) is 0 Å². The van der Waals surface area contributed by atoms with Crippen LogP contribution < -0.4 is 13.8 Å². The summed E-state index contributed by atoms with van der Waals surface area (Å²) in [6, 6.07) is 8.89. The van der Waals surface area contributed by atoms with Gasteiger partial charge in [-0.15, -0.1) is 0 Å². The Labute approximate surface area is 249 Å². The molecule has 0 bridgehead atoms. The number of sulfonamides is 1. The van der Waals surface area contributed by atoms with Crippen LogP contribution in [0.3, 0.4) is 0 Å². The monoisotopic (exact) mass is 644 g/mol. The van der Waals surface area contributed by atoms with Crippen LogP contribution in [0.15, 0.2) is 53.6 Å². The van der Waals surface area contributed by atoms with Crippen LogP contribution in [0, 0.1) is 5.82 Å². The Bertz CT molecular complexity index is 1640. The number of benzene rings is 2. The van der Waals surface area contributed by atoms with Gasteiger partial charge in [0.1, 0.15) is 24.3 Å². The van der Waals surface area contributed by atoms with Gasteiger partial charge in [0.05, 0.1) is 29.4 Å². The lowest BCUT2D eigenvalue weighted by Crippen LogP contribution is -2.44. The molecule has 0 saturated carbocycles. The van der Waals surface area contributed by atoms with Crippen LogP contribution in [-0.2, 0) is 21.0 Å². The second-order valence-corrected chi connectivity index (χ2v) is 11.7. The van der Waals surface area contributed by atoms with Crippen LogP contribution in [-0.4, -0.2) is 55.4 Å². The summed E-state index contributed by atoms with van der Waals surface area (Å²) in [5.74, 6) is -2.39. The van der Waals surface area contributed by atoms with Crippen molar-refractivity contribution in [3.8, 4) is 11.6 Å². The van der Waals surface area contributed by atoms with Crippen LogP contribution >= 0.6 is 11.6 Å². The van der Waals surface area contributed by atoms with Crippen molar-refractivity contribution >= 4 is 44.9 Å². The molecule has 0 radical (unpaired) electrons. The van der Waals surface area contributed by atoms with Crippen LogP contribution in [0.1, 0.15) is 36.5 Å². The molecule has 9 nitrogen and oxygen atoms in total. The molecular weight excluding hydrogens is 620 g/mol. The summed E-state index contributed by atoms with van der Waals surface area (Å²) >= 11 is 6.18. The molecule has 1 atom stereocenters. The standard InChI is InChI=1S/C28H25ClF4N2O7S/c1-16(26-20(29)3-2-4-21(26)30)11-17-5-7-23-22(12-17)35(15-19(42-23)6-8-25(37)38)43(39,40)24-13-18(28(31,32)33)14-34-27(24)41-10-9-36/h2-5,7,11-14,19,36H,6,8-10,15H2,1H3,(H,37,38)/b16-11+/t19-/m0/s1. The van der Waals surface area contributed by atoms with Crippen molar-refractivity contribution in [1.82, 2.24) is 4.98 Å². The first kappa shape index (κ1) is 32.0. The molecule has 43 heavy (non-hydrogen) atoms. The fraction of sp³-hybridized carbons (Fsp3) is 0.286. The van der Waals surface area contributed by atoms with Crippen LogP contribution in [0.5, 0.6) is 11.6 Å². The van der Waals surface area contributed by atoms with E-state index in [1.54, 1.807) is 13.0 Å². The highest BCUT2D eigenvalue weighted by molar-refractivity contribution is 7.93. The lowest BCUT2D eigenvalue weighted by Gasteiger charge is -2.36. The number of aliphatic hydroxyl groups excluding tert-OH is 1. The van der Waals surface area contributed by atoms with E-state index in [9.17, 15) is 30.8 Å². The normalized spacial score (nSPS) is 15.6. The molecule has 1 aliphatic rings. The Kier molecular flexibility index (Phi) is 9.52. The lowest BCUT2D eigenvalue weighted by atomic mass is 10.0. The molecular formula is C28H25ClF4N2O7S. The number of rotatable bonds is 10. The largest absolute Gasteiger partial charge is 0.486 e. The molecule has 0 saturated heterocycles. The van der Waals surface area contributed by atoms with Crippen molar-refractivity contribution in [3.05, 3.63) is 76.2 Å². The van der Waals surface area contributed by atoms with Gasteiger partial charge in [0.25, 0.3) is 10.0 Å². The molecule has 0 amide bonds. The van der Waals surface area contributed by atoms with E-state index in [-0.39, 0.29) is 34.9 Å². The van der Waals surface area contributed by atoms with Crippen LogP contribution in [0.25, 0.3) is 11.6 Å². The number of carboxylic acid groups (broad SMARTS) is 1. The Morgan fingerprint density at radius 1 is 1.26 bits per heavy atom. The summed E-state index contributed by atoms with van der Waals surface area (Å²) in [4.78, 5) is 13.8. The Hall–Kier alpha value is -3.88. The summed E-state index contributed by atoms with van der Waals surface area (Å²) in [5, 5.41) is 18.4. The number of pyridine rings is 1. The predicted molar refractivity (Wildman–Crippen MR) is 149 cm³/mol. The molecule has 0 fully saturated rings. The molecule has 0 spiro atoms. The maximum absolute atomic E-state index is 14.5. The van der Waals surface area contributed by atoms with Crippen molar-refractivity contribution in [2.24, 2.45) is 0 Å². The highest BCUT2D eigenvalue weighted by Gasteiger charge is 2.39. The average molecular weight is 645 g/mol. The van der Waals surface area contributed by atoms with Gasteiger partial charge in [-0.25, -0.2) is 17.8 Å². The van der Waals surface area contributed by atoms with Gasteiger partial charge in [0, 0.05) is 18.2 Å². The Morgan fingerprint density at radius 2 is 2.00 bits per heavy atom. The zero-order chi connectivity index (χ0) is 31.5. The van der Waals surface area contributed by atoms with Crippen molar-refractivity contribution in [1.29, 1.82) is 0 Å². The van der Waals surface area contributed by atoms with Crippen molar-refractivity contribution in [2.75, 3.05) is 24.1 Å². The number of carboxylic acids is 1. The highest BCUT2D eigenvalue weighted by atomic mass is 35.5. The van der Waals surface area contributed by atoms with Crippen molar-refractivity contribution in [3.63, 3.8) is 0 Å². The molecule has 0 aliphatic carbocycles. The van der Waals surface area contributed by atoms with Gasteiger partial charge >= 0.3 is 12.1 Å². The number of aliphatic carboxylic acids is 1. The Balaban J connectivity index is 1.86. The zero-order valence-corrected chi connectivity index (χ0v) is 24.0. The van der Waals surface area contributed by atoms with E-state index in [2.05, 4.69) is 4.98 Å². The second-order valence-electron chi connectivity index (χ2n) is 9.46. The number of anilines is 1. The van der Waals surface area contributed by atoms with E-state index in [0.29, 0.717) is 23.4 Å². The van der Waals surface area contributed by atoms with E-state index < -0.39 is 70.2 Å². The topological polar surface area (TPSA) is 126 Å². The predicted octanol–water partition coefficient (Wildman–Crippen LogP) is 5.65. The molecule has 2 aromatic carbocycles. The molecule has 15 heteroatoms. The molecule has 2 heterocycles. The van der Waals surface area contributed by atoms with E-state index >= 15 is 0 Å². The number of hydrogen-bond donors (Lipinski definition) is 2. The number of fused-ring (bicyclic) bond motifs is 1. The maximum atomic E-state index is 14.5. The number of ether oxygens (including phenoxy) is 2. The van der Waals surface area contributed by atoms with Gasteiger partial charge in [-0.3, -0.25) is 9.10 Å². The number of hydrogen-bond acceptors (Lipinski definition) is 7. The minimum atomic E-state index is -4.94. The minimum absolute atomic E-state index is 0.0155. The van der Waals surface area contributed by atoms with Gasteiger partial charge in [-0.1, -0.05) is 29.8 Å². The number of alkyl halides is 3. The fourth-order valence-electron chi connectivity index (χ4n) is 4.42. The van der Waals surface area contributed by atoms with Crippen molar-refractivity contribution in [2.45, 2.75) is 36.9 Å². The second kappa shape index (κ2) is 12.8. The third-order valence-electron chi connectivity index (χ3n) is 6.38. The van der Waals surface area contributed by atoms with Crippen LogP contribution in [0.4, 0.5) is 23.2 Å². The molecule has 4 rings (SSSR count). The van der Waals surface area contributed by atoms with Gasteiger partial charge in [0.15, 0.2) is 4.90 Å². The van der Waals surface area contributed by atoms with Gasteiger partial charge in [-0.2, -0.15) is 13.2 Å².